The zero-order chi connectivity index (χ0) is 16.7. The lowest BCUT2D eigenvalue weighted by molar-refractivity contribution is -0.142. The van der Waals surface area contributed by atoms with E-state index in [-0.39, 0.29) is 12.4 Å². The molecule has 0 amide bonds. The van der Waals surface area contributed by atoms with Crippen LogP contribution in [0.25, 0.3) is 0 Å². The Morgan fingerprint density at radius 3 is 2.80 bits per heavy atom. The summed E-state index contributed by atoms with van der Waals surface area (Å²) in [5, 5.41) is 10.2. The molecule has 138 valence electrons. The average molecular weight is 388 g/mol. The quantitative estimate of drug-likeness (QED) is 0.855. The van der Waals surface area contributed by atoms with E-state index in [0.717, 1.165) is 24.8 Å². The Bertz CT molecular complexity index is 654. The third-order valence-electron chi connectivity index (χ3n) is 5.53. The molecule has 4 rings (SSSR count). The molecule has 2 heterocycles. The van der Waals surface area contributed by atoms with E-state index in [2.05, 4.69) is 4.90 Å². The van der Waals surface area contributed by atoms with Crippen LogP contribution in [-0.4, -0.2) is 41.3 Å². The van der Waals surface area contributed by atoms with E-state index < -0.39 is 12.0 Å². The number of nitrogens with zero attached hydrogens (tertiary/aromatic N) is 1. The molecule has 1 aliphatic carbocycles. The van der Waals surface area contributed by atoms with Crippen molar-refractivity contribution in [2.24, 2.45) is 5.92 Å². The molecule has 0 spiro atoms. The van der Waals surface area contributed by atoms with Gasteiger partial charge in [0.05, 0.1) is 5.02 Å². The molecule has 5 nitrogen and oxygen atoms in total. The second-order valence-corrected chi connectivity index (χ2v) is 7.38. The van der Waals surface area contributed by atoms with E-state index in [0.29, 0.717) is 48.2 Å². The molecular weight excluding hydrogens is 365 g/mol. The van der Waals surface area contributed by atoms with Crippen LogP contribution in [0.15, 0.2) is 12.1 Å². The fourth-order valence-electron chi connectivity index (χ4n) is 4.49. The van der Waals surface area contributed by atoms with Crippen LogP contribution in [0.4, 0.5) is 0 Å². The highest BCUT2D eigenvalue weighted by Crippen LogP contribution is 2.42. The molecule has 1 aromatic rings. The van der Waals surface area contributed by atoms with Crippen molar-refractivity contribution in [3.8, 4) is 11.5 Å². The Morgan fingerprint density at radius 2 is 2.00 bits per heavy atom. The topological polar surface area (TPSA) is 59.0 Å². The smallest absolute Gasteiger partial charge is 0.320 e. The Morgan fingerprint density at radius 1 is 1.24 bits per heavy atom. The number of fused-ring (bicyclic) bond motifs is 2. The number of rotatable bonds is 3. The average Bonchev–Trinajstić information content (AvgIpc) is 2.94. The lowest BCUT2D eigenvalue weighted by atomic mass is 9.84. The van der Waals surface area contributed by atoms with Crippen molar-refractivity contribution in [3.63, 3.8) is 0 Å². The lowest BCUT2D eigenvalue weighted by Crippen LogP contribution is -2.41. The molecule has 0 bridgehead atoms. The summed E-state index contributed by atoms with van der Waals surface area (Å²) in [5.74, 6) is 1.05. The van der Waals surface area contributed by atoms with Crippen LogP contribution in [0.1, 0.15) is 37.7 Å². The first kappa shape index (κ1) is 18.6. The summed E-state index contributed by atoms with van der Waals surface area (Å²) in [4.78, 5) is 13.9. The molecule has 1 N–H and O–H groups in total. The maximum Gasteiger partial charge on any atom is 0.320 e. The summed E-state index contributed by atoms with van der Waals surface area (Å²) >= 11 is 6.33. The van der Waals surface area contributed by atoms with E-state index in [1.165, 1.54) is 12.8 Å². The van der Waals surface area contributed by atoms with Crippen LogP contribution in [0, 0.1) is 5.92 Å². The van der Waals surface area contributed by atoms with Gasteiger partial charge < -0.3 is 14.6 Å². The molecule has 1 aromatic carbocycles. The van der Waals surface area contributed by atoms with Crippen molar-refractivity contribution in [1.82, 2.24) is 4.90 Å². The zero-order valence-electron chi connectivity index (χ0n) is 13.9. The molecule has 1 saturated heterocycles. The molecule has 25 heavy (non-hydrogen) atoms. The standard InChI is InChI=1S/C18H22ClNO4.ClH/c19-13-7-11(8-16-17(13)24-6-5-23-16)10-20-14-4-2-1-3-12(14)9-15(20)18(21)22;/h7-8,12,14-15H,1-6,9-10H2,(H,21,22);1H. The third kappa shape index (κ3) is 3.55. The van der Waals surface area contributed by atoms with E-state index in [4.69, 9.17) is 21.1 Å². The molecular formula is C18H23Cl2NO4. The highest BCUT2D eigenvalue weighted by Gasteiger charge is 2.45. The Hall–Kier alpha value is -1.17. The fourth-order valence-corrected chi connectivity index (χ4v) is 4.78. The molecule has 0 aromatic heterocycles. The highest BCUT2D eigenvalue weighted by molar-refractivity contribution is 6.32. The lowest BCUT2D eigenvalue weighted by Gasteiger charge is -2.33. The predicted molar refractivity (Wildman–Crippen MR) is 97.0 cm³/mol. The van der Waals surface area contributed by atoms with Gasteiger partial charge in [-0.25, -0.2) is 0 Å². The van der Waals surface area contributed by atoms with Crippen molar-refractivity contribution in [2.75, 3.05) is 13.2 Å². The van der Waals surface area contributed by atoms with Gasteiger partial charge in [0.25, 0.3) is 0 Å². The molecule has 3 atom stereocenters. The summed E-state index contributed by atoms with van der Waals surface area (Å²) in [6, 6.07) is 3.79. The first-order chi connectivity index (χ1) is 11.6. The zero-order valence-corrected chi connectivity index (χ0v) is 15.5. The highest BCUT2D eigenvalue weighted by atomic mass is 35.5. The van der Waals surface area contributed by atoms with Gasteiger partial charge in [-0.1, -0.05) is 24.4 Å². The second-order valence-electron chi connectivity index (χ2n) is 6.98. The number of halogens is 2. The fraction of sp³-hybridized carbons (Fsp3) is 0.611. The minimum absolute atomic E-state index is 0. The number of benzene rings is 1. The van der Waals surface area contributed by atoms with Gasteiger partial charge >= 0.3 is 5.97 Å². The number of ether oxygens (including phenoxy) is 2. The number of hydrogen-bond donors (Lipinski definition) is 1. The van der Waals surface area contributed by atoms with Crippen molar-refractivity contribution in [3.05, 3.63) is 22.7 Å². The van der Waals surface area contributed by atoms with Gasteiger partial charge in [0.15, 0.2) is 11.5 Å². The number of carboxylic acid groups (broad SMARTS) is 1. The molecule has 0 radical (unpaired) electrons. The second kappa shape index (κ2) is 7.60. The number of likely N-dealkylation sites (tertiary alicyclic amines) is 1. The van der Waals surface area contributed by atoms with Gasteiger partial charge in [0.2, 0.25) is 0 Å². The van der Waals surface area contributed by atoms with Crippen LogP contribution < -0.4 is 9.47 Å². The summed E-state index contributed by atoms with van der Waals surface area (Å²) in [6.07, 6.45) is 5.40. The van der Waals surface area contributed by atoms with E-state index in [1.54, 1.807) is 0 Å². The summed E-state index contributed by atoms with van der Waals surface area (Å²) in [6.45, 7) is 1.61. The van der Waals surface area contributed by atoms with Crippen LogP contribution in [0.5, 0.6) is 11.5 Å². The van der Waals surface area contributed by atoms with Crippen LogP contribution in [-0.2, 0) is 11.3 Å². The number of aliphatic carboxylic acids is 1. The molecule has 7 heteroatoms. The Labute approximate surface area is 158 Å². The monoisotopic (exact) mass is 387 g/mol. The summed E-state index contributed by atoms with van der Waals surface area (Å²) < 4.78 is 11.2. The van der Waals surface area contributed by atoms with Crippen molar-refractivity contribution < 1.29 is 19.4 Å². The van der Waals surface area contributed by atoms with E-state index in [1.807, 2.05) is 12.1 Å². The third-order valence-corrected chi connectivity index (χ3v) is 5.81. The maximum absolute atomic E-state index is 11.7. The normalized spacial score (nSPS) is 28.1. The van der Waals surface area contributed by atoms with Crippen molar-refractivity contribution in [2.45, 2.75) is 50.7 Å². The molecule has 2 aliphatic heterocycles. The molecule has 1 saturated carbocycles. The van der Waals surface area contributed by atoms with Gasteiger partial charge in [0, 0.05) is 12.6 Å². The number of hydrogen-bond acceptors (Lipinski definition) is 4. The summed E-state index contributed by atoms with van der Waals surface area (Å²) in [5.41, 5.74) is 0.988. The first-order valence-electron chi connectivity index (χ1n) is 8.70. The number of carboxylic acids is 1. The summed E-state index contributed by atoms with van der Waals surface area (Å²) in [7, 11) is 0. The maximum atomic E-state index is 11.7. The van der Waals surface area contributed by atoms with Gasteiger partial charge in [0.1, 0.15) is 19.3 Å². The predicted octanol–water partition coefficient (Wildman–Crippen LogP) is 3.75. The minimum atomic E-state index is -0.715. The molecule has 3 unspecified atom stereocenters. The molecule has 3 aliphatic rings. The van der Waals surface area contributed by atoms with E-state index in [9.17, 15) is 9.90 Å². The SMILES string of the molecule is Cl.O=C(O)C1CC2CCCCC2N1Cc1cc(Cl)c2c(c1)OCCO2. The largest absolute Gasteiger partial charge is 0.486 e. The van der Waals surface area contributed by atoms with Gasteiger partial charge in [-0.2, -0.15) is 0 Å². The van der Waals surface area contributed by atoms with Crippen LogP contribution >= 0.6 is 24.0 Å². The van der Waals surface area contributed by atoms with Crippen LogP contribution in [0.3, 0.4) is 0 Å². The Balaban J connectivity index is 0.00000182. The number of carbonyl (C=O) groups is 1. The Kier molecular flexibility index (Phi) is 5.66. The van der Waals surface area contributed by atoms with Crippen molar-refractivity contribution in [1.29, 1.82) is 0 Å². The first-order valence-corrected chi connectivity index (χ1v) is 9.08. The molecule has 2 fully saturated rings. The van der Waals surface area contributed by atoms with Crippen LogP contribution in [0.2, 0.25) is 5.02 Å². The minimum Gasteiger partial charge on any atom is -0.486 e. The van der Waals surface area contributed by atoms with Crippen molar-refractivity contribution >= 4 is 30.0 Å². The van der Waals surface area contributed by atoms with Gasteiger partial charge in [-0.15, -0.1) is 12.4 Å². The van der Waals surface area contributed by atoms with Gasteiger partial charge in [-0.05, 0) is 42.9 Å². The van der Waals surface area contributed by atoms with E-state index >= 15 is 0 Å². The van der Waals surface area contributed by atoms with Gasteiger partial charge in [-0.3, -0.25) is 9.69 Å².